The molecule has 4 heteroatoms. The SMILES string of the molecule is O=C(c1cccc2cccnc12)C1CC2CCC(C1)S2=O. The first-order valence-corrected chi connectivity index (χ1v) is 8.79. The molecule has 2 aliphatic heterocycles. The molecule has 1 aromatic heterocycles. The predicted molar refractivity (Wildman–Crippen MR) is 83.7 cm³/mol. The van der Waals surface area contributed by atoms with Crippen molar-refractivity contribution >= 4 is 27.5 Å². The van der Waals surface area contributed by atoms with Gasteiger partial charge in [-0.15, -0.1) is 0 Å². The van der Waals surface area contributed by atoms with Crippen LogP contribution in [0.5, 0.6) is 0 Å². The van der Waals surface area contributed by atoms with Crippen LogP contribution >= 0.6 is 0 Å². The van der Waals surface area contributed by atoms with Gasteiger partial charge in [-0.3, -0.25) is 14.0 Å². The van der Waals surface area contributed by atoms with Crippen LogP contribution in [0, 0.1) is 5.92 Å². The second kappa shape index (κ2) is 5.02. The zero-order valence-corrected chi connectivity index (χ0v) is 12.5. The molecule has 2 unspecified atom stereocenters. The molecule has 2 saturated heterocycles. The lowest BCUT2D eigenvalue weighted by molar-refractivity contribution is 0.0907. The quantitative estimate of drug-likeness (QED) is 0.801. The first kappa shape index (κ1) is 13.1. The van der Waals surface area contributed by atoms with Crippen LogP contribution in [-0.2, 0) is 10.8 Å². The molecule has 0 aliphatic carbocycles. The van der Waals surface area contributed by atoms with Gasteiger partial charge in [0.15, 0.2) is 5.78 Å². The van der Waals surface area contributed by atoms with Gasteiger partial charge in [0.25, 0.3) is 0 Å². The number of fused-ring (bicyclic) bond motifs is 3. The molecular weight excluding hydrogens is 282 g/mol. The second-order valence-electron chi connectivity index (χ2n) is 6.06. The zero-order valence-electron chi connectivity index (χ0n) is 11.7. The number of pyridine rings is 1. The molecular formula is C17H17NO2S. The number of ketones is 1. The summed E-state index contributed by atoms with van der Waals surface area (Å²) in [5.74, 6) is 0.209. The van der Waals surface area contributed by atoms with Gasteiger partial charge in [-0.05, 0) is 37.8 Å². The summed E-state index contributed by atoms with van der Waals surface area (Å²) in [6, 6.07) is 9.66. The first-order valence-electron chi connectivity index (χ1n) is 7.51. The van der Waals surface area contributed by atoms with E-state index >= 15 is 0 Å². The fourth-order valence-corrected chi connectivity index (χ4v) is 5.89. The molecule has 2 aromatic rings. The third kappa shape index (κ3) is 2.13. The number of carbonyl (C=O) groups excluding carboxylic acids is 1. The van der Waals surface area contributed by atoms with Crippen LogP contribution < -0.4 is 0 Å². The molecule has 3 heterocycles. The number of Topliss-reactive ketones (excluding diaryl/α,β-unsaturated/α-hetero) is 1. The summed E-state index contributed by atoms with van der Waals surface area (Å²) >= 11 is 0. The van der Waals surface area contributed by atoms with E-state index in [1.807, 2.05) is 30.3 Å². The molecule has 0 spiro atoms. The first-order chi connectivity index (χ1) is 10.2. The van der Waals surface area contributed by atoms with Crippen LogP contribution in [0.15, 0.2) is 36.5 Å². The molecule has 0 amide bonds. The molecule has 2 atom stereocenters. The lowest BCUT2D eigenvalue weighted by Gasteiger charge is -2.26. The van der Waals surface area contributed by atoms with E-state index < -0.39 is 10.8 Å². The van der Waals surface area contributed by atoms with Crippen molar-refractivity contribution in [2.45, 2.75) is 36.2 Å². The fraction of sp³-hybridized carbons (Fsp3) is 0.412. The Morgan fingerprint density at radius 1 is 1.10 bits per heavy atom. The molecule has 1 aromatic carbocycles. The maximum Gasteiger partial charge on any atom is 0.168 e. The van der Waals surface area contributed by atoms with Gasteiger partial charge in [-0.1, -0.05) is 18.2 Å². The van der Waals surface area contributed by atoms with Gasteiger partial charge in [0.1, 0.15) is 0 Å². The van der Waals surface area contributed by atoms with Crippen molar-refractivity contribution in [1.29, 1.82) is 0 Å². The Morgan fingerprint density at radius 3 is 2.57 bits per heavy atom. The minimum absolute atomic E-state index is 0.0211. The Morgan fingerprint density at radius 2 is 1.81 bits per heavy atom. The smallest absolute Gasteiger partial charge is 0.168 e. The number of benzene rings is 1. The molecule has 2 bridgehead atoms. The largest absolute Gasteiger partial charge is 0.294 e. The molecule has 0 radical (unpaired) electrons. The Labute approximate surface area is 126 Å². The second-order valence-corrected chi connectivity index (χ2v) is 8.05. The van der Waals surface area contributed by atoms with Crippen LogP contribution in [-0.4, -0.2) is 25.5 Å². The maximum absolute atomic E-state index is 12.9. The highest BCUT2D eigenvalue weighted by Gasteiger charge is 2.43. The van der Waals surface area contributed by atoms with Crippen LogP contribution in [0.25, 0.3) is 10.9 Å². The third-order valence-electron chi connectivity index (χ3n) is 4.83. The van der Waals surface area contributed by atoms with Crippen molar-refractivity contribution < 1.29 is 9.00 Å². The van der Waals surface area contributed by atoms with E-state index in [0.29, 0.717) is 0 Å². The molecule has 0 N–H and O–H groups in total. The zero-order chi connectivity index (χ0) is 14.4. The number of hydrogen-bond donors (Lipinski definition) is 0. The molecule has 4 rings (SSSR count). The minimum atomic E-state index is -0.707. The van der Waals surface area contributed by atoms with Gasteiger partial charge in [-0.2, -0.15) is 0 Å². The summed E-state index contributed by atoms with van der Waals surface area (Å²) in [6.45, 7) is 0. The average Bonchev–Trinajstić information content (AvgIpc) is 2.75. The van der Waals surface area contributed by atoms with E-state index in [1.54, 1.807) is 6.20 Å². The topological polar surface area (TPSA) is 47.0 Å². The molecule has 21 heavy (non-hydrogen) atoms. The van der Waals surface area contributed by atoms with E-state index in [-0.39, 0.29) is 22.2 Å². The Bertz CT molecular complexity index is 721. The number of carbonyl (C=O) groups is 1. The summed E-state index contributed by atoms with van der Waals surface area (Å²) in [4.78, 5) is 17.3. The number of nitrogens with zero attached hydrogens (tertiary/aromatic N) is 1. The number of para-hydroxylation sites is 1. The molecule has 0 saturated carbocycles. The van der Waals surface area contributed by atoms with Gasteiger partial charge in [0.05, 0.1) is 5.52 Å². The van der Waals surface area contributed by atoms with E-state index in [4.69, 9.17) is 0 Å². The fourth-order valence-electron chi connectivity index (χ4n) is 3.77. The van der Waals surface area contributed by atoms with Crippen molar-refractivity contribution in [3.63, 3.8) is 0 Å². The van der Waals surface area contributed by atoms with Crippen LogP contribution in [0.1, 0.15) is 36.0 Å². The van der Waals surface area contributed by atoms with Crippen molar-refractivity contribution in [2.24, 2.45) is 5.92 Å². The molecule has 2 aliphatic rings. The monoisotopic (exact) mass is 299 g/mol. The third-order valence-corrected chi connectivity index (χ3v) is 7.00. The minimum Gasteiger partial charge on any atom is -0.294 e. The molecule has 108 valence electrons. The van der Waals surface area contributed by atoms with E-state index in [9.17, 15) is 9.00 Å². The summed E-state index contributed by atoms with van der Waals surface area (Å²) < 4.78 is 12.1. The van der Waals surface area contributed by atoms with Gasteiger partial charge < -0.3 is 0 Å². The summed E-state index contributed by atoms with van der Waals surface area (Å²) in [5.41, 5.74) is 1.52. The number of aromatic nitrogens is 1. The van der Waals surface area contributed by atoms with Gasteiger partial charge in [-0.25, -0.2) is 0 Å². The lowest BCUT2D eigenvalue weighted by Crippen LogP contribution is -2.32. The van der Waals surface area contributed by atoms with E-state index in [2.05, 4.69) is 4.98 Å². The van der Waals surface area contributed by atoms with Gasteiger partial charge in [0.2, 0.25) is 0 Å². The maximum atomic E-state index is 12.9. The molecule has 3 nitrogen and oxygen atoms in total. The Hall–Kier alpha value is -1.55. The van der Waals surface area contributed by atoms with Gasteiger partial charge in [0, 0.05) is 44.4 Å². The van der Waals surface area contributed by atoms with Crippen LogP contribution in [0.4, 0.5) is 0 Å². The average molecular weight is 299 g/mol. The highest BCUT2D eigenvalue weighted by atomic mass is 32.2. The summed E-state index contributed by atoms with van der Waals surface area (Å²) in [6.07, 6.45) is 5.35. The van der Waals surface area contributed by atoms with E-state index in [0.717, 1.165) is 42.1 Å². The highest BCUT2D eigenvalue weighted by Crippen LogP contribution is 2.40. The summed E-state index contributed by atoms with van der Waals surface area (Å²) in [5, 5.41) is 1.48. The molecule has 2 fully saturated rings. The van der Waals surface area contributed by atoms with Crippen molar-refractivity contribution in [2.75, 3.05) is 0 Å². The summed E-state index contributed by atoms with van der Waals surface area (Å²) in [7, 11) is -0.707. The Kier molecular flexibility index (Phi) is 3.14. The predicted octanol–water partition coefficient (Wildman–Crippen LogP) is 3.11. The lowest BCUT2D eigenvalue weighted by atomic mass is 9.89. The Balaban J connectivity index is 1.70. The normalized spacial score (nSPS) is 31.4. The highest BCUT2D eigenvalue weighted by molar-refractivity contribution is 7.86. The van der Waals surface area contributed by atoms with Crippen molar-refractivity contribution in [1.82, 2.24) is 4.98 Å². The van der Waals surface area contributed by atoms with Crippen LogP contribution in [0.2, 0.25) is 0 Å². The number of rotatable bonds is 2. The van der Waals surface area contributed by atoms with Gasteiger partial charge >= 0.3 is 0 Å². The van der Waals surface area contributed by atoms with Crippen molar-refractivity contribution in [3.05, 3.63) is 42.1 Å². The standard InChI is InChI=1S/C17H17NO2S/c19-17(12-9-13-6-7-14(10-12)21(13)20)15-5-1-3-11-4-2-8-18-16(11)15/h1-5,8,12-14H,6-7,9-10H2. The van der Waals surface area contributed by atoms with Crippen molar-refractivity contribution in [3.8, 4) is 0 Å². The number of hydrogen-bond acceptors (Lipinski definition) is 3. The van der Waals surface area contributed by atoms with E-state index in [1.165, 1.54) is 0 Å². The van der Waals surface area contributed by atoms with Crippen LogP contribution in [0.3, 0.4) is 0 Å².